The molecule has 2 rings (SSSR count). The van der Waals surface area contributed by atoms with Crippen LogP contribution in [0.4, 0.5) is 13.2 Å². The molecule has 0 atom stereocenters. The number of carbonyl (C=O) groups is 1. The molecular formula is C13H9ClF3NO2. The number of hydrogen-bond acceptors (Lipinski definition) is 2. The van der Waals surface area contributed by atoms with Crippen LogP contribution in [0.2, 0.25) is 0 Å². The van der Waals surface area contributed by atoms with Crippen LogP contribution < -0.4 is 0 Å². The number of alkyl halides is 3. The number of aromatic carboxylic acids is 1. The van der Waals surface area contributed by atoms with Gasteiger partial charge in [0.25, 0.3) is 0 Å². The minimum absolute atomic E-state index is 0. The molecule has 0 amide bonds. The van der Waals surface area contributed by atoms with Gasteiger partial charge < -0.3 is 5.11 Å². The van der Waals surface area contributed by atoms with E-state index in [0.717, 1.165) is 12.1 Å². The third kappa shape index (κ3) is 3.27. The summed E-state index contributed by atoms with van der Waals surface area (Å²) in [5.74, 6) is -1.18. The predicted octanol–water partition coefficient (Wildman–Crippen LogP) is 3.89. The fourth-order valence-corrected chi connectivity index (χ4v) is 1.62. The van der Waals surface area contributed by atoms with Gasteiger partial charge in [-0.25, -0.2) is 4.79 Å². The zero-order valence-electron chi connectivity index (χ0n) is 9.89. The lowest BCUT2D eigenvalue weighted by Crippen LogP contribution is -2.05. The summed E-state index contributed by atoms with van der Waals surface area (Å²) < 4.78 is 37.3. The normalized spacial score (nSPS) is 10.8. The molecular weight excluding hydrogens is 295 g/mol. The molecule has 106 valence electrons. The molecule has 0 bridgehead atoms. The van der Waals surface area contributed by atoms with Crippen molar-refractivity contribution in [3.05, 3.63) is 53.7 Å². The number of carboxylic acid groups (broad SMARTS) is 1. The third-order valence-electron chi connectivity index (χ3n) is 2.52. The van der Waals surface area contributed by atoms with Crippen LogP contribution in [0.15, 0.2) is 42.6 Å². The molecule has 0 saturated heterocycles. The van der Waals surface area contributed by atoms with Crippen molar-refractivity contribution in [2.45, 2.75) is 6.18 Å². The van der Waals surface area contributed by atoms with Crippen LogP contribution in [-0.2, 0) is 6.18 Å². The summed E-state index contributed by atoms with van der Waals surface area (Å²) in [4.78, 5) is 14.9. The van der Waals surface area contributed by atoms with Crippen molar-refractivity contribution in [3.8, 4) is 11.3 Å². The van der Waals surface area contributed by atoms with E-state index in [1.54, 1.807) is 0 Å². The molecule has 0 aliphatic rings. The maximum absolute atomic E-state index is 12.4. The van der Waals surface area contributed by atoms with E-state index in [0.29, 0.717) is 5.56 Å². The Kier molecular flexibility index (Phi) is 4.73. The number of halogens is 4. The largest absolute Gasteiger partial charge is 0.478 e. The molecule has 0 spiro atoms. The van der Waals surface area contributed by atoms with Gasteiger partial charge in [-0.05, 0) is 24.3 Å². The molecule has 0 fully saturated rings. The first-order valence-electron chi connectivity index (χ1n) is 5.25. The van der Waals surface area contributed by atoms with Crippen molar-refractivity contribution < 1.29 is 23.1 Å². The molecule has 7 heteroatoms. The molecule has 2 aromatic rings. The predicted molar refractivity (Wildman–Crippen MR) is 68.9 cm³/mol. The van der Waals surface area contributed by atoms with E-state index < -0.39 is 17.7 Å². The summed E-state index contributed by atoms with van der Waals surface area (Å²) in [5, 5.41) is 8.99. The summed E-state index contributed by atoms with van der Waals surface area (Å²) in [5.41, 5.74) is -0.374. The third-order valence-corrected chi connectivity index (χ3v) is 2.52. The van der Waals surface area contributed by atoms with E-state index in [1.807, 2.05) is 0 Å². The van der Waals surface area contributed by atoms with Gasteiger partial charge in [-0.3, -0.25) is 4.98 Å². The van der Waals surface area contributed by atoms with Gasteiger partial charge in [0.15, 0.2) is 0 Å². The Bertz CT molecular complexity index is 612. The summed E-state index contributed by atoms with van der Waals surface area (Å²) >= 11 is 0. The highest BCUT2D eigenvalue weighted by Crippen LogP contribution is 2.31. The molecule has 1 aromatic heterocycles. The van der Waals surface area contributed by atoms with E-state index in [4.69, 9.17) is 5.11 Å². The Morgan fingerprint density at radius 3 is 2.20 bits per heavy atom. The smallest absolute Gasteiger partial charge is 0.416 e. The Hall–Kier alpha value is -2.08. The molecule has 1 heterocycles. The highest BCUT2D eigenvalue weighted by Gasteiger charge is 2.30. The van der Waals surface area contributed by atoms with Crippen LogP contribution >= 0.6 is 12.4 Å². The van der Waals surface area contributed by atoms with Crippen LogP contribution in [0.25, 0.3) is 11.3 Å². The highest BCUT2D eigenvalue weighted by molar-refractivity contribution is 5.94. The Labute approximate surface area is 118 Å². The van der Waals surface area contributed by atoms with Gasteiger partial charge in [-0.15, -0.1) is 12.4 Å². The summed E-state index contributed by atoms with van der Waals surface area (Å²) in [6, 6.07) is 7.01. The van der Waals surface area contributed by atoms with Crippen LogP contribution in [0.3, 0.4) is 0 Å². The number of pyridine rings is 1. The number of hydrogen-bond donors (Lipinski definition) is 1. The number of rotatable bonds is 2. The Balaban J connectivity index is 0.00000200. The first-order chi connectivity index (χ1) is 8.89. The van der Waals surface area contributed by atoms with Crippen LogP contribution in [0.1, 0.15) is 15.9 Å². The van der Waals surface area contributed by atoms with Gasteiger partial charge >= 0.3 is 12.1 Å². The molecule has 0 aliphatic heterocycles. The van der Waals surface area contributed by atoms with E-state index >= 15 is 0 Å². The molecule has 0 aliphatic carbocycles. The monoisotopic (exact) mass is 303 g/mol. The average Bonchev–Trinajstić information content (AvgIpc) is 2.38. The molecule has 0 saturated carbocycles. The summed E-state index contributed by atoms with van der Waals surface area (Å²) in [6.07, 6.45) is -3.03. The van der Waals surface area contributed by atoms with Crippen LogP contribution in [0, 0.1) is 0 Å². The molecule has 0 unspecified atom stereocenters. The fraction of sp³-hybridized carbons (Fsp3) is 0.0769. The number of nitrogens with zero attached hydrogens (tertiary/aromatic N) is 1. The first-order valence-corrected chi connectivity index (χ1v) is 5.25. The topological polar surface area (TPSA) is 50.2 Å². The zero-order valence-corrected chi connectivity index (χ0v) is 10.7. The Morgan fingerprint density at radius 2 is 1.70 bits per heavy atom. The molecule has 1 N–H and O–H groups in total. The molecule has 3 nitrogen and oxygen atoms in total. The van der Waals surface area contributed by atoms with Crippen LogP contribution in [0.5, 0.6) is 0 Å². The lowest BCUT2D eigenvalue weighted by atomic mass is 10.0. The molecule has 0 radical (unpaired) electrons. The second-order valence-electron chi connectivity index (χ2n) is 3.78. The average molecular weight is 304 g/mol. The van der Waals surface area contributed by atoms with Crippen molar-refractivity contribution in [1.29, 1.82) is 0 Å². The Morgan fingerprint density at radius 1 is 1.10 bits per heavy atom. The second kappa shape index (κ2) is 5.92. The van der Waals surface area contributed by atoms with Gasteiger partial charge in [0.05, 0.1) is 16.8 Å². The SMILES string of the molecule is Cl.O=C(O)c1cccnc1-c1ccc(C(F)(F)F)cc1. The van der Waals surface area contributed by atoms with Gasteiger partial charge in [0.2, 0.25) is 0 Å². The van der Waals surface area contributed by atoms with E-state index in [2.05, 4.69) is 4.98 Å². The van der Waals surface area contributed by atoms with Gasteiger partial charge in [0, 0.05) is 11.8 Å². The number of benzene rings is 1. The van der Waals surface area contributed by atoms with Crippen molar-refractivity contribution in [1.82, 2.24) is 4.98 Å². The minimum atomic E-state index is -4.42. The lowest BCUT2D eigenvalue weighted by molar-refractivity contribution is -0.137. The number of carboxylic acids is 1. The van der Waals surface area contributed by atoms with Crippen molar-refractivity contribution in [2.75, 3.05) is 0 Å². The van der Waals surface area contributed by atoms with Crippen molar-refractivity contribution in [3.63, 3.8) is 0 Å². The molecule has 1 aromatic carbocycles. The maximum atomic E-state index is 12.4. The number of aromatic nitrogens is 1. The second-order valence-corrected chi connectivity index (χ2v) is 3.78. The van der Waals surface area contributed by atoms with Crippen molar-refractivity contribution >= 4 is 18.4 Å². The first kappa shape index (κ1) is 16.0. The summed E-state index contributed by atoms with van der Waals surface area (Å²) in [6.45, 7) is 0. The maximum Gasteiger partial charge on any atom is 0.416 e. The van der Waals surface area contributed by atoms with Gasteiger partial charge in [-0.1, -0.05) is 12.1 Å². The van der Waals surface area contributed by atoms with E-state index in [-0.39, 0.29) is 23.7 Å². The van der Waals surface area contributed by atoms with E-state index in [1.165, 1.54) is 30.5 Å². The van der Waals surface area contributed by atoms with Crippen molar-refractivity contribution in [2.24, 2.45) is 0 Å². The highest BCUT2D eigenvalue weighted by atomic mass is 35.5. The van der Waals surface area contributed by atoms with Crippen LogP contribution in [-0.4, -0.2) is 16.1 Å². The zero-order chi connectivity index (χ0) is 14.0. The minimum Gasteiger partial charge on any atom is -0.478 e. The quantitative estimate of drug-likeness (QED) is 0.915. The van der Waals surface area contributed by atoms with Gasteiger partial charge in [0.1, 0.15) is 0 Å². The van der Waals surface area contributed by atoms with Gasteiger partial charge in [-0.2, -0.15) is 13.2 Å². The standard InChI is InChI=1S/C13H8F3NO2.ClH/c14-13(15,16)9-5-3-8(4-6-9)11-10(12(18)19)2-1-7-17-11;/h1-7H,(H,18,19);1H. The fourth-order valence-electron chi connectivity index (χ4n) is 1.62. The molecule has 20 heavy (non-hydrogen) atoms. The lowest BCUT2D eigenvalue weighted by Gasteiger charge is -2.08. The van der Waals surface area contributed by atoms with E-state index in [9.17, 15) is 18.0 Å². The summed E-state index contributed by atoms with van der Waals surface area (Å²) in [7, 11) is 0.